The van der Waals surface area contributed by atoms with E-state index in [4.69, 9.17) is 9.47 Å². The summed E-state index contributed by atoms with van der Waals surface area (Å²) < 4.78 is 12.9. The van der Waals surface area contributed by atoms with Gasteiger partial charge in [-0.3, -0.25) is 0 Å². The lowest BCUT2D eigenvalue weighted by Crippen LogP contribution is -2.34. The maximum Gasteiger partial charge on any atom is 0.147 e. The summed E-state index contributed by atoms with van der Waals surface area (Å²) in [5.41, 5.74) is 0.233. The first-order valence-corrected chi connectivity index (χ1v) is 11.5. The molecule has 0 radical (unpaired) electrons. The van der Waals surface area contributed by atoms with Gasteiger partial charge in [0.2, 0.25) is 0 Å². The zero-order valence-corrected chi connectivity index (χ0v) is 15.5. The van der Waals surface area contributed by atoms with Crippen molar-refractivity contribution in [1.82, 2.24) is 0 Å². The van der Waals surface area contributed by atoms with Gasteiger partial charge in [-0.15, -0.1) is 0 Å². The molecule has 0 saturated carbocycles. The van der Waals surface area contributed by atoms with Crippen molar-refractivity contribution in [3.05, 3.63) is 9.66 Å². The van der Waals surface area contributed by atoms with E-state index < -0.39 is 8.07 Å². The highest BCUT2D eigenvalue weighted by Gasteiger charge is 2.32. The highest BCUT2D eigenvalue weighted by Crippen LogP contribution is 2.38. The van der Waals surface area contributed by atoms with Crippen molar-refractivity contribution >= 4 is 30.7 Å². The van der Waals surface area contributed by atoms with Crippen molar-refractivity contribution in [1.29, 1.82) is 0 Å². The van der Waals surface area contributed by atoms with E-state index in [0.717, 1.165) is 6.61 Å². The number of ether oxygens (including phenoxy) is 2. The van der Waals surface area contributed by atoms with Crippen molar-refractivity contribution in [3.8, 4) is 0 Å². The van der Waals surface area contributed by atoms with Gasteiger partial charge < -0.3 is 9.47 Å². The summed E-state index contributed by atoms with van der Waals surface area (Å²) in [5, 5.41) is 0. The number of halogens is 1. The Bertz CT molecular complexity index is 295. The van der Waals surface area contributed by atoms with Crippen LogP contribution in [0, 0.1) is 5.41 Å². The summed E-state index contributed by atoms with van der Waals surface area (Å²) in [6.45, 7) is 12.9. The molecule has 0 aromatic rings. The summed E-state index contributed by atoms with van der Waals surface area (Å²) in [5.74, 6) is 0. The molecular weight excluding hydrogens is 355 g/mol. The van der Waals surface area contributed by atoms with Gasteiger partial charge in [0.1, 0.15) is 6.79 Å². The molecule has 1 aliphatic carbocycles. The first-order valence-electron chi connectivity index (χ1n) is 6.76. The quantitative estimate of drug-likeness (QED) is 0.284. The van der Waals surface area contributed by atoms with Crippen LogP contribution in [0.5, 0.6) is 0 Å². The number of hydrogen-bond donors (Lipinski definition) is 0. The number of rotatable bonds is 6. The highest BCUT2D eigenvalue weighted by atomic mass is 127. The van der Waals surface area contributed by atoms with Crippen LogP contribution in [0.2, 0.25) is 25.7 Å². The van der Waals surface area contributed by atoms with E-state index in [-0.39, 0.29) is 11.5 Å². The monoisotopic (exact) mass is 382 g/mol. The molecule has 0 bridgehead atoms. The summed E-state index contributed by atoms with van der Waals surface area (Å²) in [4.78, 5) is 0. The molecule has 2 nitrogen and oxygen atoms in total. The van der Waals surface area contributed by atoms with E-state index in [2.05, 4.69) is 62.2 Å². The minimum absolute atomic E-state index is 0.199. The standard InChI is InChI=1S/C14H27IO2Si/c1-14(2)7-6-12(15)10-13(14)17-11-16-8-9-18(3,4)5/h10,13H,6-9,11H2,1-5H3. The van der Waals surface area contributed by atoms with E-state index in [9.17, 15) is 0 Å². The average Bonchev–Trinajstić information content (AvgIpc) is 2.21. The molecule has 0 aromatic heterocycles. The lowest BCUT2D eigenvalue weighted by Gasteiger charge is -2.35. The molecule has 1 atom stereocenters. The zero-order valence-electron chi connectivity index (χ0n) is 12.4. The van der Waals surface area contributed by atoms with Gasteiger partial charge in [0.05, 0.1) is 6.10 Å². The molecule has 18 heavy (non-hydrogen) atoms. The zero-order chi connectivity index (χ0) is 13.8. The Labute approximate surface area is 127 Å². The van der Waals surface area contributed by atoms with Crippen molar-refractivity contribution in [3.63, 3.8) is 0 Å². The molecule has 0 aliphatic heterocycles. The molecular formula is C14H27IO2Si. The van der Waals surface area contributed by atoms with Crippen LogP contribution in [0.15, 0.2) is 9.66 Å². The molecule has 1 unspecified atom stereocenters. The second kappa shape index (κ2) is 6.86. The van der Waals surface area contributed by atoms with Gasteiger partial charge in [0.25, 0.3) is 0 Å². The van der Waals surface area contributed by atoms with Crippen molar-refractivity contribution in [2.75, 3.05) is 13.4 Å². The largest absolute Gasteiger partial charge is 0.356 e. The molecule has 0 fully saturated rings. The normalized spacial score (nSPS) is 23.9. The predicted octanol–water partition coefficient (Wildman–Crippen LogP) is 4.82. The molecule has 106 valence electrons. The average molecular weight is 382 g/mol. The van der Waals surface area contributed by atoms with Crippen molar-refractivity contribution < 1.29 is 9.47 Å². The van der Waals surface area contributed by atoms with Gasteiger partial charge >= 0.3 is 0 Å². The molecule has 1 rings (SSSR count). The summed E-state index contributed by atoms with van der Waals surface area (Å²) in [7, 11) is -0.980. The molecule has 0 aromatic carbocycles. The molecule has 0 heterocycles. The Morgan fingerprint density at radius 1 is 1.39 bits per heavy atom. The minimum atomic E-state index is -0.980. The van der Waals surface area contributed by atoms with Crippen LogP contribution in [0.1, 0.15) is 26.7 Å². The van der Waals surface area contributed by atoms with E-state index in [1.165, 1.54) is 22.5 Å². The van der Waals surface area contributed by atoms with Gasteiger partial charge in [-0.2, -0.15) is 0 Å². The third-order valence-electron chi connectivity index (χ3n) is 3.44. The van der Waals surface area contributed by atoms with Crippen LogP contribution in [0.3, 0.4) is 0 Å². The summed E-state index contributed by atoms with van der Waals surface area (Å²) in [6, 6.07) is 1.21. The Hall–Kier alpha value is 0.607. The van der Waals surface area contributed by atoms with Crippen LogP contribution in [0.25, 0.3) is 0 Å². The molecule has 0 N–H and O–H groups in total. The maximum absolute atomic E-state index is 5.90. The topological polar surface area (TPSA) is 18.5 Å². The van der Waals surface area contributed by atoms with E-state index in [1.54, 1.807) is 0 Å². The fourth-order valence-electron chi connectivity index (χ4n) is 1.89. The molecule has 1 aliphatic rings. The van der Waals surface area contributed by atoms with E-state index in [0.29, 0.717) is 6.79 Å². The third-order valence-corrected chi connectivity index (χ3v) is 6.04. The smallest absolute Gasteiger partial charge is 0.147 e. The predicted molar refractivity (Wildman–Crippen MR) is 89.0 cm³/mol. The van der Waals surface area contributed by atoms with Crippen LogP contribution in [-0.4, -0.2) is 27.6 Å². The van der Waals surface area contributed by atoms with Gasteiger partial charge in [-0.25, -0.2) is 0 Å². The third kappa shape index (κ3) is 6.17. The number of hydrogen-bond acceptors (Lipinski definition) is 2. The van der Waals surface area contributed by atoms with Crippen molar-refractivity contribution in [2.24, 2.45) is 5.41 Å². The minimum Gasteiger partial charge on any atom is -0.356 e. The fraction of sp³-hybridized carbons (Fsp3) is 0.857. The van der Waals surface area contributed by atoms with Gasteiger partial charge in [-0.05, 0) is 56.5 Å². The van der Waals surface area contributed by atoms with Crippen LogP contribution in [0.4, 0.5) is 0 Å². The highest BCUT2D eigenvalue weighted by molar-refractivity contribution is 14.1. The van der Waals surface area contributed by atoms with Crippen molar-refractivity contribution in [2.45, 2.75) is 58.5 Å². The molecule has 4 heteroatoms. The van der Waals surface area contributed by atoms with Crippen LogP contribution < -0.4 is 0 Å². The molecule has 0 saturated heterocycles. The fourth-order valence-corrected chi connectivity index (χ4v) is 3.24. The summed E-state index contributed by atoms with van der Waals surface area (Å²) >= 11 is 2.41. The first kappa shape index (κ1) is 16.7. The van der Waals surface area contributed by atoms with Gasteiger partial charge in [0, 0.05) is 14.7 Å². The van der Waals surface area contributed by atoms with Gasteiger partial charge in [0.15, 0.2) is 0 Å². The Morgan fingerprint density at radius 3 is 2.67 bits per heavy atom. The van der Waals surface area contributed by atoms with E-state index >= 15 is 0 Å². The Balaban J connectivity index is 2.28. The van der Waals surface area contributed by atoms with Gasteiger partial charge in [-0.1, -0.05) is 33.5 Å². The first-order chi connectivity index (χ1) is 8.21. The second-order valence-corrected chi connectivity index (χ2v) is 14.0. The van der Waals surface area contributed by atoms with E-state index in [1.807, 2.05) is 0 Å². The van der Waals surface area contributed by atoms with Crippen LogP contribution in [-0.2, 0) is 9.47 Å². The van der Waals surface area contributed by atoms with Crippen LogP contribution >= 0.6 is 22.6 Å². The lowest BCUT2D eigenvalue weighted by atomic mass is 9.78. The summed E-state index contributed by atoms with van der Waals surface area (Å²) in [6.07, 6.45) is 4.84. The Kier molecular flexibility index (Phi) is 6.35. The second-order valence-electron chi connectivity index (χ2n) is 7.03. The maximum atomic E-state index is 5.90. The number of allylic oxidation sites excluding steroid dienone is 1. The molecule has 0 amide bonds. The Morgan fingerprint density at radius 2 is 2.06 bits per heavy atom. The molecule has 0 spiro atoms. The lowest BCUT2D eigenvalue weighted by molar-refractivity contribution is -0.107. The SMILES string of the molecule is CC1(C)CCC(I)=CC1OCOCC[Si](C)(C)C.